The lowest BCUT2D eigenvalue weighted by Crippen LogP contribution is -2.41. The van der Waals surface area contributed by atoms with Crippen molar-refractivity contribution >= 4 is 33.2 Å². The normalized spacial score (nSPS) is 16.4. The molecule has 1 aliphatic heterocycles. The summed E-state index contributed by atoms with van der Waals surface area (Å²) in [6, 6.07) is 10.4. The minimum absolute atomic E-state index is 0.141. The van der Waals surface area contributed by atoms with Crippen molar-refractivity contribution in [2.75, 3.05) is 16.6 Å². The molecule has 144 valence electrons. The van der Waals surface area contributed by atoms with E-state index in [2.05, 4.69) is 5.32 Å². The topological polar surface area (TPSA) is 66.5 Å². The molecule has 0 aliphatic carbocycles. The maximum absolute atomic E-state index is 13.3. The molecule has 0 unspecified atom stereocenters. The van der Waals surface area contributed by atoms with Gasteiger partial charge in [-0.05, 0) is 62.2 Å². The number of hydrogen-bond donors (Lipinski definition) is 1. The van der Waals surface area contributed by atoms with E-state index >= 15 is 0 Å². The van der Waals surface area contributed by atoms with Crippen LogP contribution >= 0.6 is 11.6 Å². The summed E-state index contributed by atoms with van der Waals surface area (Å²) in [6.45, 7) is 3.99. The lowest BCUT2D eigenvalue weighted by Gasteiger charge is -2.28. The Bertz CT molecular complexity index is 975. The molecule has 0 saturated carbocycles. The van der Waals surface area contributed by atoms with Crippen molar-refractivity contribution < 1.29 is 17.6 Å². The molecule has 1 aliphatic rings. The van der Waals surface area contributed by atoms with Gasteiger partial charge in [0.05, 0.1) is 17.0 Å². The monoisotopic (exact) mass is 410 g/mol. The first-order valence-electron chi connectivity index (χ1n) is 8.49. The maximum atomic E-state index is 13.3. The summed E-state index contributed by atoms with van der Waals surface area (Å²) >= 11 is 6.11. The molecular weight excluding hydrogens is 391 g/mol. The zero-order valence-corrected chi connectivity index (χ0v) is 16.6. The minimum atomic E-state index is -3.26. The van der Waals surface area contributed by atoms with Crippen LogP contribution in [-0.4, -0.2) is 26.6 Å². The average Bonchev–Trinajstić information content (AvgIpc) is 2.93. The first-order valence-corrected chi connectivity index (χ1v) is 10.5. The summed E-state index contributed by atoms with van der Waals surface area (Å²) in [7, 11) is -3.26. The molecule has 2 aromatic carbocycles. The first-order chi connectivity index (χ1) is 12.6. The molecule has 0 radical (unpaired) electrons. The largest absolute Gasteiger partial charge is 0.343 e. The highest BCUT2D eigenvalue weighted by atomic mass is 35.5. The molecule has 1 fully saturated rings. The van der Waals surface area contributed by atoms with Gasteiger partial charge >= 0.3 is 0 Å². The molecule has 3 rings (SSSR count). The van der Waals surface area contributed by atoms with E-state index in [9.17, 15) is 17.6 Å². The van der Waals surface area contributed by atoms with E-state index in [0.29, 0.717) is 29.8 Å². The Hall–Kier alpha value is -2.12. The van der Waals surface area contributed by atoms with Crippen LogP contribution in [0.5, 0.6) is 0 Å². The van der Waals surface area contributed by atoms with Crippen LogP contribution in [-0.2, 0) is 15.6 Å². The number of nitrogens with one attached hydrogen (secondary N) is 1. The van der Waals surface area contributed by atoms with E-state index in [1.54, 1.807) is 44.2 Å². The number of anilines is 1. The molecule has 27 heavy (non-hydrogen) atoms. The zero-order valence-electron chi connectivity index (χ0n) is 15.0. The second-order valence-electron chi connectivity index (χ2n) is 6.99. The van der Waals surface area contributed by atoms with Gasteiger partial charge in [0, 0.05) is 17.1 Å². The Morgan fingerprint density at radius 3 is 2.41 bits per heavy atom. The highest BCUT2D eigenvalue weighted by Crippen LogP contribution is 2.29. The number of hydrogen-bond acceptors (Lipinski definition) is 3. The van der Waals surface area contributed by atoms with E-state index in [-0.39, 0.29) is 16.7 Å². The molecule has 0 spiro atoms. The number of carbonyl (C=O) groups is 1. The number of carbonyl (C=O) groups excluding carboxylic acids is 1. The molecule has 1 N–H and O–H groups in total. The minimum Gasteiger partial charge on any atom is -0.343 e. The van der Waals surface area contributed by atoms with Gasteiger partial charge in [0.2, 0.25) is 10.0 Å². The average molecular weight is 411 g/mol. The third kappa shape index (κ3) is 4.09. The summed E-state index contributed by atoms with van der Waals surface area (Å²) in [5, 5.41) is 3.11. The van der Waals surface area contributed by atoms with E-state index in [1.807, 2.05) is 0 Å². The van der Waals surface area contributed by atoms with Gasteiger partial charge < -0.3 is 5.32 Å². The fourth-order valence-electron chi connectivity index (χ4n) is 3.13. The Labute approximate surface area is 163 Å². The van der Waals surface area contributed by atoms with Gasteiger partial charge in [0.15, 0.2) is 0 Å². The smallest absolute Gasteiger partial charge is 0.251 e. The van der Waals surface area contributed by atoms with Gasteiger partial charge in [-0.3, -0.25) is 9.10 Å². The second-order valence-corrected chi connectivity index (χ2v) is 9.41. The van der Waals surface area contributed by atoms with Crippen LogP contribution in [0.25, 0.3) is 0 Å². The van der Waals surface area contributed by atoms with Gasteiger partial charge in [-0.25, -0.2) is 12.8 Å². The number of halogens is 2. The number of benzene rings is 2. The second kappa shape index (κ2) is 7.13. The standard InChI is InChI=1S/C19H20ClFN2O3S/c1-19(2,16-9-6-14(21)12-17(16)20)22-18(24)13-4-7-15(8-5-13)23-10-3-11-27(23,25)26/h4-9,12H,3,10-11H2,1-2H3,(H,22,24). The fourth-order valence-corrected chi connectivity index (χ4v) is 5.10. The summed E-state index contributed by atoms with van der Waals surface area (Å²) in [5.41, 5.74) is 0.712. The lowest BCUT2D eigenvalue weighted by molar-refractivity contribution is 0.0912. The predicted octanol–water partition coefficient (Wildman–Crippen LogP) is 3.68. The number of amides is 1. The van der Waals surface area contributed by atoms with Crippen LogP contribution in [0, 0.1) is 5.82 Å². The van der Waals surface area contributed by atoms with Crippen LogP contribution in [0.15, 0.2) is 42.5 Å². The SMILES string of the molecule is CC(C)(NC(=O)c1ccc(N2CCCS2(=O)=O)cc1)c1ccc(F)cc1Cl. The van der Waals surface area contributed by atoms with Crippen molar-refractivity contribution in [3.05, 3.63) is 64.4 Å². The number of nitrogens with zero attached hydrogens (tertiary/aromatic N) is 1. The molecular formula is C19H20ClFN2O3S. The van der Waals surface area contributed by atoms with Crippen LogP contribution in [0.4, 0.5) is 10.1 Å². The summed E-state index contributed by atoms with van der Waals surface area (Å²) in [4.78, 5) is 12.6. The summed E-state index contributed by atoms with van der Waals surface area (Å²) < 4.78 is 38.6. The van der Waals surface area contributed by atoms with Crippen molar-refractivity contribution in [2.24, 2.45) is 0 Å². The lowest BCUT2D eigenvalue weighted by atomic mass is 9.93. The van der Waals surface area contributed by atoms with Gasteiger partial charge in [-0.1, -0.05) is 17.7 Å². The molecule has 8 heteroatoms. The third-order valence-corrected chi connectivity index (χ3v) is 6.73. The van der Waals surface area contributed by atoms with Crippen molar-refractivity contribution in [2.45, 2.75) is 25.8 Å². The summed E-state index contributed by atoms with van der Waals surface area (Å²) in [6.07, 6.45) is 0.594. The Morgan fingerprint density at radius 2 is 1.85 bits per heavy atom. The Kier molecular flexibility index (Phi) is 5.18. The van der Waals surface area contributed by atoms with Gasteiger partial charge in [-0.15, -0.1) is 0 Å². The van der Waals surface area contributed by atoms with Gasteiger partial charge in [0.1, 0.15) is 5.82 Å². The Balaban J connectivity index is 1.78. The molecule has 1 amide bonds. The van der Waals surface area contributed by atoms with E-state index in [0.717, 1.165) is 0 Å². The van der Waals surface area contributed by atoms with Gasteiger partial charge in [-0.2, -0.15) is 0 Å². The molecule has 0 bridgehead atoms. The highest BCUT2D eigenvalue weighted by Gasteiger charge is 2.29. The molecule has 2 aromatic rings. The van der Waals surface area contributed by atoms with Crippen LogP contribution in [0.2, 0.25) is 5.02 Å². The predicted molar refractivity (Wildman–Crippen MR) is 104 cm³/mol. The Morgan fingerprint density at radius 1 is 1.19 bits per heavy atom. The van der Waals surface area contributed by atoms with E-state index < -0.39 is 21.4 Å². The van der Waals surface area contributed by atoms with Crippen molar-refractivity contribution in [1.29, 1.82) is 0 Å². The third-order valence-electron chi connectivity index (χ3n) is 4.55. The highest BCUT2D eigenvalue weighted by molar-refractivity contribution is 7.93. The van der Waals surface area contributed by atoms with Crippen molar-refractivity contribution in [1.82, 2.24) is 5.32 Å². The molecule has 1 saturated heterocycles. The van der Waals surface area contributed by atoms with Crippen LogP contribution < -0.4 is 9.62 Å². The molecule has 0 atom stereocenters. The number of sulfonamides is 1. The van der Waals surface area contributed by atoms with Crippen molar-refractivity contribution in [3.8, 4) is 0 Å². The van der Waals surface area contributed by atoms with E-state index in [4.69, 9.17) is 11.6 Å². The van der Waals surface area contributed by atoms with Crippen LogP contribution in [0.3, 0.4) is 0 Å². The molecule has 0 aromatic heterocycles. The van der Waals surface area contributed by atoms with Crippen molar-refractivity contribution in [3.63, 3.8) is 0 Å². The maximum Gasteiger partial charge on any atom is 0.251 e. The summed E-state index contributed by atoms with van der Waals surface area (Å²) in [5.74, 6) is -0.642. The molecule has 1 heterocycles. The number of rotatable bonds is 4. The molecule has 5 nitrogen and oxygen atoms in total. The fraction of sp³-hybridized carbons (Fsp3) is 0.316. The van der Waals surface area contributed by atoms with E-state index in [1.165, 1.54) is 16.4 Å². The van der Waals surface area contributed by atoms with Crippen LogP contribution in [0.1, 0.15) is 36.2 Å². The quantitative estimate of drug-likeness (QED) is 0.836. The van der Waals surface area contributed by atoms with Gasteiger partial charge in [0.25, 0.3) is 5.91 Å². The zero-order chi connectivity index (χ0) is 19.8. The first kappa shape index (κ1) is 19.6.